The van der Waals surface area contributed by atoms with Crippen LogP contribution in [-0.4, -0.2) is 29.9 Å². The monoisotopic (exact) mass is 336 g/mol. The van der Waals surface area contributed by atoms with Gasteiger partial charge in [-0.2, -0.15) is 0 Å². The fraction of sp³-hybridized carbons (Fsp3) is 0.611. The summed E-state index contributed by atoms with van der Waals surface area (Å²) in [6.07, 6.45) is 5.87. The van der Waals surface area contributed by atoms with E-state index in [9.17, 15) is 14.3 Å². The number of halogens is 1. The van der Waals surface area contributed by atoms with Crippen molar-refractivity contribution in [2.75, 3.05) is 11.9 Å². The van der Waals surface area contributed by atoms with Crippen LogP contribution in [-0.2, 0) is 0 Å². The van der Waals surface area contributed by atoms with Gasteiger partial charge in [-0.15, -0.1) is 0 Å². The van der Waals surface area contributed by atoms with E-state index in [2.05, 4.69) is 10.6 Å². The molecule has 2 aliphatic rings. The van der Waals surface area contributed by atoms with Gasteiger partial charge in [0.05, 0.1) is 12.7 Å². The van der Waals surface area contributed by atoms with Crippen LogP contribution < -0.4 is 15.4 Å². The summed E-state index contributed by atoms with van der Waals surface area (Å²) in [5.74, 6) is -0.241. The fourth-order valence-electron chi connectivity index (χ4n) is 3.34. The first-order valence-corrected chi connectivity index (χ1v) is 8.65. The average Bonchev–Trinajstić information content (AvgIpc) is 2.86. The first kappa shape index (κ1) is 17.0. The molecule has 0 spiro atoms. The highest BCUT2D eigenvalue weighted by Gasteiger charge is 2.39. The quantitative estimate of drug-likeness (QED) is 0.771. The number of hydrogen-bond donors (Lipinski definition) is 3. The van der Waals surface area contributed by atoms with Crippen LogP contribution >= 0.6 is 0 Å². The number of carbonyl (C=O) groups is 1. The zero-order valence-electron chi connectivity index (χ0n) is 14.0. The number of carbonyl (C=O) groups excluding carboxylic acids is 1. The van der Waals surface area contributed by atoms with E-state index in [1.807, 2.05) is 6.92 Å². The molecule has 0 aromatic heterocycles. The number of nitrogens with one attached hydrogen (secondary N) is 2. The molecule has 5 nitrogen and oxygen atoms in total. The van der Waals surface area contributed by atoms with Crippen LogP contribution in [0.5, 0.6) is 5.75 Å². The van der Waals surface area contributed by atoms with E-state index in [0.717, 1.165) is 38.5 Å². The van der Waals surface area contributed by atoms with Crippen LogP contribution in [0.25, 0.3) is 0 Å². The van der Waals surface area contributed by atoms with E-state index in [1.165, 1.54) is 6.07 Å². The third-order valence-electron chi connectivity index (χ3n) is 5.28. The number of rotatable bonds is 5. The first-order valence-electron chi connectivity index (χ1n) is 8.65. The first-order chi connectivity index (χ1) is 11.5. The minimum Gasteiger partial charge on any atom is -0.487 e. The lowest BCUT2D eigenvalue weighted by Crippen LogP contribution is -2.46. The van der Waals surface area contributed by atoms with Gasteiger partial charge < -0.3 is 20.5 Å². The molecule has 0 heterocycles. The van der Waals surface area contributed by atoms with E-state index in [1.54, 1.807) is 12.1 Å². The molecule has 2 atom stereocenters. The summed E-state index contributed by atoms with van der Waals surface area (Å²) in [6, 6.07) is 4.00. The van der Waals surface area contributed by atoms with E-state index >= 15 is 0 Å². The normalized spacial score (nSPS) is 26.7. The topological polar surface area (TPSA) is 70.6 Å². The number of benzene rings is 1. The lowest BCUT2D eigenvalue weighted by molar-refractivity contribution is 0.115. The number of aliphatic hydroxyl groups is 1. The standard InChI is InChI=1S/C18H25FN2O3/c1-18(11-22)9-3-6-16(18)21-17(23)20-12-7-8-15(14(19)10-12)24-13-4-2-5-13/h7-8,10,13,16,22H,2-6,9,11H2,1H3,(H2,20,21,23). The number of anilines is 1. The highest BCUT2D eigenvalue weighted by molar-refractivity contribution is 5.89. The number of ether oxygens (including phenoxy) is 1. The molecule has 132 valence electrons. The van der Waals surface area contributed by atoms with Crippen LogP contribution in [0.1, 0.15) is 45.4 Å². The predicted octanol–water partition coefficient (Wildman–Crippen LogP) is 3.43. The molecule has 2 fully saturated rings. The smallest absolute Gasteiger partial charge is 0.319 e. The Morgan fingerprint density at radius 2 is 2.17 bits per heavy atom. The van der Waals surface area contributed by atoms with Crippen LogP contribution in [0.3, 0.4) is 0 Å². The molecule has 2 saturated carbocycles. The molecule has 2 unspecified atom stereocenters. The zero-order chi connectivity index (χ0) is 17.2. The summed E-state index contributed by atoms with van der Waals surface area (Å²) < 4.78 is 19.6. The molecule has 0 aliphatic heterocycles. The summed E-state index contributed by atoms with van der Waals surface area (Å²) >= 11 is 0. The van der Waals surface area contributed by atoms with Crippen molar-refractivity contribution in [3.63, 3.8) is 0 Å². The van der Waals surface area contributed by atoms with Crippen LogP contribution in [0.15, 0.2) is 18.2 Å². The van der Waals surface area contributed by atoms with Gasteiger partial charge in [-0.3, -0.25) is 0 Å². The molecule has 0 radical (unpaired) electrons. The molecular weight excluding hydrogens is 311 g/mol. The molecule has 2 aliphatic carbocycles. The Hall–Kier alpha value is -1.82. The highest BCUT2D eigenvalue weighted by atomic mass is 19.1. The average molecular weight is 336 g/mol. The summed E-state index contributed by atoms with van der Waals surface area (Å²) in [4.78, 5) is 12.1. The Morgan fingerprint density at radius 1 is 1.38 bits per heavy atom. The summed E-state index contributed by atoms with van der Waals surface area (Å²) in [5, 5.41) is 15.1. The number of aliphatic hydroxyl groups excluding tert-OH is 1. The van der Waals surface area contributed by atoms with Crippen molar-refractivity contribution in [3.05, 3.63) is 24.0 Å². The maximum atomic E-state index is 14.1. The largest absolute Gasteiger partial charge is 0.487 e. The molecule has 24 heavy (non-hydrogen) atoms. The zero-order valence-corrected chi connectivity index (χ0v) is 14.0. The van der Waals surface area contributed by atoms with Gasteiger partial charge in [0, 0.05) is 23.2 Å². The summed E-state index contributed by atoms with van der Waals surface area (Å²) in [5.41, 5.74) is 0.0953. The van der Waals surface area contributed by atoms with Crippen molar-refractivity contribution >= 4 is 11.7 Å². The molecule has 0 saturated heterocycles. The minimum atomic E-state index is -0.472. The Bertz CT molecular complexity index is 606. The van der Waals surface area contributed by atoms with E-state index < -0.39 is 5.82 Å². The number of urea groups is 1. The summed E-state index contributed by atoms with van der Waals surface area (Å²) in [7, 11) is 0. The van der Waals surface area contributed by atoms with Crippen molar-refractivity contribution in [3.8, 4) is 5.75 Å². The second kappa shape index (κ2) is 6.97. The fourth-order valence-corrected chi connectivity index (χ4v) is 3.34. The SMILES string of the molecule is CC1(CO)CCCC1NC(=O)Nc1ccc(OC2CCC2)c(F)c1. The van der Waals surface area contributed by atoms with Gasteiger partial charge in [0.1, 0.15) is 0 Å². The second-order valence-corrected chi connectivity index (χ2v) is 7.17. The molecule has 6 heteroatoms. The van der Waals surface area contributed by atoms with E-state index in [0.29, 0.717) is 5.69 Å². The number of hydrogen-bond acceptors (Lipinski definition) is 3. The number of amides is 2. The van der Waals surface area contributed by atoms with Gasteiger partial charge in [-0.1, -0.05) is 13.3 Å². The van der Waals surface area contributed by atoms with Crippen LogP contribution in [0.4, 0.5) is 14.9 Å². The van der Waals surface area contributed by atoms with Gasteiger partial charge in [0.15, 0.2) is 11.6 Å². The molecule has 2 amide bonds. The maximum absolute atomic E-state index is 14.1. The molecule has 3 rings (SSSR count). The van der Waals surface area contributed by atoms with Gasteiger partial charge in [0.25, 0.3) is 0 Å². The van der Waals surface area contributed by atoms with E-state index in [-0.39, 0.29) is 35.9 Å². The van der Waals surface area contributed by atoms with Gasteiger partial charge in [0.2, 0.25) is 0 Å². The second-order valence-electron chi connectivity index (χ2n) is 7.17. The van der Waals surface area contributed by atoms with Crippen LogP contribution in [0.2, 0.25) is 0 Å². The lowest BCUT2D eigenvalue weighted by atomic mass is 9.86. The molecule has 3 N–H and O–H groups in total. The Labute approximate surface area is 141 Å². The maximum Gasteiger partial charge on any atom is 0.319 e. The van der Waals surface area contributed by atoms with Crippen molar-refractivity contribution in [2.24, 2.45) is 5.41 Å². The third-order valence-corrected chi connectivity index (χ3v) is 5.28. The summed E-state index contributed by atoms with van der Waals surface area (Å²) in [6.45, 7) is 2.01. The van der Waals surface area contributed by atoms with Gasteiger partial charge >= 0.3 is 6.03 Å². The minimum absolute atomic E-state index is 0.0414. The lowest BCUT2D eigenvalue weighted by Gasteiger charge is -2.30. The Balaban J connectivity index is 1.57. The van der Waals surface area contributed by atoms with Crippen LogP contribution in [0, 0.1) is 11.2 Å². The Kier molecular flexibility index (Phi) is 4.94. The van der Waals surface area contributed by atoms with Crippen molar-refractivity contribution in [2.45, 2.75) is 57.6 Å². The van der Waals surface area contributed by atoms with Gasteiger partial charge in [-0.25, -0.2) is 9.18 Å². The van der Waals surface area contributed by atoms with E-state index in [4.69, 9.17) is 4.74 Å². The van der Waals surface area contributed by atoms with Gasteiger partial charge in [-0.05, 0) is 44.2 Å². The molecule has 1 aromatic carbocycles. The Morgan fingerprint density at radius 3 is 2.79 bits per heavy atom. The molecular formula is C18H25FN2O3. The van der Waals surface area contributed by atoms with Crippen molar-refractivity contribution in [1.82, 2.24) is 5.32 Å². The molecule has 1 aromatic rings. The third kappa shape index (κ3) is 3.64. The highest BCUT2D eigenvalue weighted by Crippen LogP contribution is 2.37. The predicted molar refractivity (Wildman–Crippen MR) is 89.7 cm³/mol. The van der Waals surface area contributed by atoms with Crippen molar-refractivity contribution < 1.29 is 19.0 Å². The molecule has 0 bridgehead atoms. The van der Waals surface area contributed by atoms with Crippen molar-refractivity contribution in [1.29, 1.82) is 0 Å².